The molecule has 0 bridgehead atoms. The molecule has 1 fully saturated rings. The minimum atomic E-state index is -4.72. The average molecular weight is 465 g/mol. The molecule has 0 atom stereocenters. The van der Waals surface area contributed by atoms with Crippen molar-refractivity contribution < 1.29 is 22.7 Å². The topological polar surface area (TPSA) is 88.4 Å². The van der Waals surface area contributed by atoms with Crippen LogP contribution in [0.2, 0.25) is 0 Å². The van der Waals surface area contributed by atoms with Gasteiger partial charge in [0.15, 0.2) is 5.69 Å². The molecule has 0 radical (unpaired) electrons. The highest BCUT2D eigenvalue weighted by Crippen LogP contribution is 2.32. The number of nitrogens with zero attached hydrogens (tertiary/aromatic N) is 6. The van der Waals surface area contributed by atoms with Crippen molar-refractivity contribution in [3.63, 3.8) is 0 Å². The van der Waals surface area contributed by atoms with E-state index in [0.29, 0.717) is 26.2 Å². The van der Waals surface area contributed by atoms with Crippen molar-refractivity contribution in [1.29, 1.82) is 0 Å². The molecule has 2 aromatic rings. The van der Waals surface area contributed by atoms with Gasteiger partial charge in [-0.05, 0) is 20.8 Å². The summed E-state index contributed by atoms with van der Waals surface area (Å²) < 4.78 is 47.9. The molecule has 2 aromatic heterocycles. The van der Waals surface area contributed by atoms with Crippen molar-refractivity contribution in [2.45, 2.75) is 45.6 Å². The van der Waals surface area contributed by atoms with E-state index in [4.69, 9.17) is 11.2 Å². The highest BCUT2D eigenvalue weighted by atomic mass is 19.4. The van der Waals surface area contributed by atoms with Crippen LogP contribution in [0, 0.1) is 12.3 Å². The first-order valence-corrected chi connectivity index (χ1v) is 10.4. The third kappa shape index (κ3) is 6.35. The lowest BCUT2D eigenvalue weighted by atomic mass is 10.1. The van der Waals surface area contributed by atoms with Gasteiger partial charge in [0.2, 0.25) is 5.95 Å². The number of aromatic nitrogens is 4. The summed E-state index contributed by atoms with van der Waals surface area (Å²) in [5.41, 5.74) is -0.986. The zero-order valence-electron chi connectivity index (χ0n) is 18.7. The largest absolute Gasteiger partial charge is 0.433 e. The number of rotatable bonds is 6. The second-order valence-electron chi connectivity index (χ2n) is 8.16. The molecule has 178 valence electrons. The van der Waals surface area contributed by atoms with Gasteiger partial charge in [-0.2, -0.15) is 23.3 Å². The maximum atomic E-state index is 13.5. The summed E-state index contributed by atoms with van der Waals surface area (Å²) in [6.07, 6.45) is 4.02. The molecule has 33 heavy (non-hydrogen) atoms. The minimum Gasteiger partial charge on any atom is -0.372 e. The fourth-order valence-corrected chi connectivity index (χ4v) is 3.38. The summed E-state index contributed by atoms with van der Waals surface area (Å²) >= 11 is 0. The molecule has 0 spiro atoms. The van der Waals surface area contributed by atoms with Gasteiger partial charge in [0.05, 0.1) is 31.5 Å². The lowest BCUT2D eigenvalue weighted by Gasteiger charge is -2.38. The maximum Gasteiger partial charge on any atom is 0.433 e. The van der Waals surface area contributed by atoms with Crippen molar-refractivity contribution in [2.24, 2.45) is 0 Å². The molecule has 0 unspecified atom stereocenters. The Bertz CT molecular complexity index is 1030. The number of urea groups is 1. The molecule has 1 N–H and O–H groups in total. The van der Waals surface area contributed by atoms with E-state index in [1.165, 1.54) is 4.90 Å². The monoisotopic (exact) mass is 465 g/mol. The fraction of sp³-hybridized carbons (Fsp3) is 0.524. The maximum absolute atomic E-state index is 13.5. The number of hydrogen-bond donors (Lipinski definition) is 1. The van der Waals surface area contributed by atoms with Crippen LogP contribution in [0.1, 0.15) is 32.0 Å². The summed E-state index contributed by atoms with van der Waals surface area (Å²) in [7, 11) is 0. The van der Waals surface area contributed by atoms with E-state index in [9.17, 15) is 18.0 Å². The normalized spacial score (nSPS) is 15.7. The van der Waals surface area contributed by atoms with Crippen molar-refractivity contribution >= 4 is 17.8 Å². The summed E-state index contributed by atoms with van der Waals surface area (Å²) in [5, 5.41) is 6.51. The Hall–Kier alpha value is -3.33. The first-order valence-electron chi connectivity index (χ1n) is 10.4. The van der Waals surface area contributed by atoms with Gasteiger partial charge in [-0.25, -0.2) is 9.78 Å². The number of morpholine rings is 1. The number of aryl methyl sites for hydroxylation is 1. The minimum absolute atomic E-state index is 0.0525. The van der Waals surface area contributed by atoms with Crippen LogP contribution in [0.3, 0.4) is 0 Å². The number of carbonyl (C=O) groups is 1. The number of terminal acetylenes is 1. The fourth-order valence-electron chi connectivity index (χ4n) is 3.38. The summed E-state index contributed by atoms with van der Waals surface area (Å²) in [6.45, 7) is 7.34. The predicted molar refractivity (Wildman–Crippen MR) is 115 cm³/mol. The quantitative estimate of drug-likeness (QED) is 0.660. The van der Waals surface area contributed by atoms with Crippen molar-refractivity contribution in [2.75, 3.05) is 36.5 Å². The lowest BCUT2D eigenvalue weighted by Crippen LogP contribution is -2.48. The van der Waals surface area contributed by atoms with Gasteiger partial charge in [0.25, 0.3) is 0 Å². The molecule has 9 nitrogen and oxygen atoms in total. The second kappa shape index (κ2) is 9.66. The Balaban J connectivity index is 1.85. The van der Waals surface area contributed by atoms with Gasteiger partial charge in [-0.1, -0.05) is 5.92 Å². The molecule has 0 saturated carbocycles. The smallest absolute Gasteiger partial charge is 0.372 e. The second-order valence-corrected chi connectivity index (χ2v) is 8.16. The number of alkyl halides is 3. The van der Waals surface area contributed by atoms with Gasteiger partial charge in [-0.15, -0.1) is 6.42 Å². The van der Waals surface area contributed by atoms with E-state index in [1.807, 2.05) is 20.8 Å². The average Bonchev–Trinajstić information content (AvgIpc) is 3.19. The van der Waals surface area contributed by atoms with Crippen molar-refractivity contribution in [1.82, 2.24) is 24.6 Å². The van der Waals surface area contributed by atoms with E-state index in [1.54, 1.807) is 22.0 Å². The number of nitrogens with one attached hydrogen (secondary N) is 1. The van der Waals surface area contributed by atoms with Crippen LogP contribution < -0.4 is 10.2 Å². The highest BCUT2D eigenvalue weighted by Gasteiger charge is 2.36. The van der Waals surface area contributed by atoms with Gasteiger partial charge in [0.1, 0.15) is 5.82 Å². The molecule has 12 heteroatoms. The van der Waals surface area contributed by atoms with Crippen LogP contribution in [-0.2, 0) is 24.0 Å². The van der Waals surface area contributed by atoms with Crippen molar-refractivity contribution in [3.8, 4) is 12.3 Å². The number of ether oxygens (including phenoxy) is 1. The predicted octanol–water partition coefficient (Wildman–Crippen LogP) is 2.99. The molecule has 1 aliphatic rings. The van der Waals surface area contributed by atoms with Crippen LogP contribution in [0.5, 0.6) is 0 Å². The highest BCUT2D eigenvalue weighted by molar-refractivity contribution is 5.87. The third-order valence-electron chi connectivity index (χ3n) is 4.92. The molecule has 0 aliphatic carbocycles. The van der Waals surface area contributed by atoms with Gasteiger partial charge < -0.3 is 14.5 Å². The van der Waals surface area contributed by atoms with Crippen LogP contribution in [0.25, 0.3) is 0 Å². The Morgan fingerprint density at radius 3 is 2.76 bits per heavy atom. The zero-order valence-corrected chi connectivity index (χ0v) is 18.7. The first-order chi connectivity index (χ1) is 15.5. The standard InChI is InChI=1S/C21H26F3N7O2/c1-5-7-29(12-15-11-25-31(6-2)13-15)19(32)28-18-26-16(21(22,23)24)10-17(27-18)30-8-9-33-20(3,4)14-30/h1,10-11,13H,6-9,12,14H2,2-4H3,(H,26,27,28,32). The Labute approximate surface area is 189 Å². The van der Waals surface area contributed by atoms with Crippen LogP contribution >= 0.6 is 0 Å². The molecule has 1 aliphatic heterocycles. The van der Waals surface area contributed by atoms with Crippen molar-refractivity contribution in [3.05, 3.63) is 29.7 Å². The van der Waals surface area contributed by atoms with Gasteiger partial charge in [0, 0.05) is 37.5 Å². The Kier molecular flexibility index (Phi) is 7.12. The lowest BCUT2D eigenvalue weighted by molar-refractivity contribution is -0.141. The van der Waals surface area contributed by atoms with E-state index in [2.05, 4.69) is 26.3 Å². The van der Waals surface area contributed by atoms with E-state index in [0.717, 1.165) is 11.6 Å². The molecule has 2 amide bonds. The number of amides is 2. The van der Waals surface area contributed by atoms with Gasteiger partial charge >= 0.3 is 12.2 Å². The molecular formula is C21H26F3N7O2. The Morgan fingerprint density at radius 2 is 2.15 bits per heavy atom. The van der Waals surface area contributed by atoms with E-state index < -0.39 is 29.5 Å². The number of halogens is 3. The number of carbonyl (C=O) groups excluding carboxylic acids is 1. The zero-order chi connectivity index (χ0) is 24.2. The van der Waals surface area contributed by atoms with E-state index in [-0.39, 0.29) is 18.9 Å². The summed E-state index contributed by atoms with van der Waals surface area (Å²) in [6, 6.07) is 0.153. The summed E-state index contributed by atoms with van der Waals surface area (Å²) in [5.74, 6) is 1.97. The number of hydrogen-bond acceptors (Lipinski definition) is 6. The molecule has 3 heterocycles. The molecular weight excluding hydrogens is 439 g/mol. The van der Waals surface area contributed by atoms with Crippen LogP contribution in [0.15, 0.2) is 18.5 Å². The summed E-state index contributed by atoms with van der Waals surface area (Å²) in [4.78, 5) is 23.5. The van der Waals surface area contributed by atoms with Crippen LogP contribution in [0.4, 0.5) is 29.7 Å². The van der Waals surface area contributed by atoms with Crippen LogP contribution in [-0.4, -0.2) is 62.5 Å². The SMILES string of the molecule is C#CCN(Cc1cnn(CC)c1)C(=O)Nc1nc(N2CCOC(C)(C)C2)cc(C(F)(F)F)n1. The molecule has 1 saturated heterocycles. The number of anilines is 2. The molecule has 0 aromatic carbocycles. The van der Waals surface area contributed by atoms with Gasteiger partial charge in [-0.3, -0.25) is 10.00 Å². The van der Waals surface area contributed by atoms with E-state index >= 15 is 0 Å². The first kappa shape index (κ1) is 24.3. The Morgan fingerprint density at radius 1 is 1.39 bits per heavy atom. The third-order valence-corrected chi connectivity index (χ3v) is 4.92. The molecule has 3 rings (SSSR count).